The number of Topliss-reactive ketones (excluding diaryl/α,β-unsaturated/α-hetero) is 1. The Morgan fingerprint density at radius 1 is 1.09 bits per heavy atom. The molecular weight excluding hydrogens is 422 g/mol. The third-order valence-electron chi connectivity index (χ3n) is 5.73. The highest BCUT2D eigenvalue weighted by Crippen LogP contribution is 2.24. The lowest BCUT2D eigenvalue weighted by Crippen LogP contribution is -2.35. The molecule has 1 saturated heterocycles. The average molecular weight is 446 g/mol. The lowest BCUT2D eigenvalue weighted by atomic mass is 10.0. The van der Waals surface area contributed by atoms with Crippen LogP contribution in [0, 0.1) is 0 Å². The first-order valence-corrected chi connectivity index (χ1v) is 11.5. The Morgan fingerprint density at radius 3 is 2.62 bits per heavy atom. The third-order valence-corrected chi connectivity index (χ3v) is 6.44. The summed E-state index contributed by atoms with van der Waals surface area (Å²) < 4.78 is 6.08. The average Bonchev–Trinajstić information content (AvgIpc) is 3.36. The molecule has 0 unspecified atom stereocenters. The van der Waals surface area contributed by atoms with Gasteiger partial charge >= 0.3 is 0 Å². The van der Waals surface area contributed by atoms with Gasteiger partial charge in [0.15, 0.2) is 10.8 Å². The van der Waals surface area contributed by atoms with Crippen molar-refractivity contribution in [3.63, 3.8) is 0 Å². The molecule has 1 aromatic carbocycles. The Bertz CT molecular complexity index is 1220. The summed E-state index contributed by atoms with van der Waals surface area (Å²) >= 11 is 1.44. The van der Waals surface area contributed by atoms with Crippen molar-refractivity contribution in [2.45, 2.75) is 25.4 Å². The van der Waals surface area contributed by atoms with E-state index in [0.29, 0.717) is 5.56 Å². The van der Waals surface area contributed by atoms with Crippen LogP contribution in [0.25, 0.3) is 21.5 Å². The monoisotopic (exact) mass is 445 g/mol. The lowest BCUT2D eigenvalue weighted by molar-refractivity contribution is 0.0991. The molecule has 0 aliphatic carbocycles. The number of fused-ring (bicyclic) bond motifs is 1. The van der Waals surface area contributed by atoms with Crippen molar-refractivity contribution in [1.82, 2.24) is 25.1 Å². The number of nitrogens with zero attached hydrogens (tertiary/aromatic N) is 5. The molecule has 1 aliphatic rings. The summed E-state index contributed by atoms with van der Waals surface area (Å²) in [5.41, 5.74) is 3.83. The zero-order valence-electron chi connectivity index (χ0n) is 17.8. The maximum atomic E-state index is 12.8. The zero-order chi connectivity index (χ0) is 21.9. The maximum absolute atomic E-state index is 12.8. The van der Waals surface area contributed by atoms with Crippen molar-refractivity contribution in [2.24, 2.45) is 0 Å². The van der Waals surface area contributed by atoms with E-state index in [4.69, 9.17) is 4.74 Å². The molecule has 0 saturated carbocycles. The van der Waals surface area contributed by atoms with Crippen molar-refractivity contribution in [1.29, 1.82) is 0 Å². The fourth-order valence-corrected chi connectivity index (χ4v) is 4.38. The summed E-state index contributed by atoms with van der Waals surface area (Å²) in [5.74, 6) is 0.845. The number of hydrogen-bond acceptors (Lipinski definition) is 8. The number of hydrogen-bond donors (Lipinski definition) is 0. The van der Waals surface area contributed by atoms with Gasteiger partial charge in [0.1, 0.15) is 23.1 Å². The standard InChI is InChI=1S/C24H23N5O2S/c1-29-8-6-21(7-9-29)31-20-4-2-16(3-5-20)23(30)12-19-10-17-11-22(24-28-27-15-32-24)26-14-18(17)13-25-19/h2-5,10-11,13-15,21H,6-9,12H2,1H3. The number of piperidine rings is 1. The number of pyridine rings is 2. The number of carbonyl (C=O) groups excluding carboxylic acids is 1. The molecule has 8 heteroatoms. The Kier molecular flexibility index (Phi) is 5.87. The van der Waals surface area contributed by atoms with Crippen LogP contribution in [0.4, 0.5) is 0 Å². The molecule has 0 atom stereocenters. The summed E-state index contributed by atoms with van der Waals surface area (Å²) in [7, 11) is 2.13. The second kappa shape index (κ2) is 9.10. The molecule has 32 heavy (non-hydrogen) atoms. The molecule has 0 amide bonds. The quantitative estimate of drug-likeness (QED) is 0.414. The number of ketones is 1. The van der Waals surface area contributed by atoms with Gasteiger partial charge < -0.3 is 9.64 Å². The van der Waals surface area contributed by atoms with Crippen LogP contribution in [0.2, 0.25) is 0 Å². The molecule has 0 N–H and O–H groups in total. The summed E-state index contributed by atoms with van der Waals surface area (Å²) in [6.07, 6.45) is 6.07. The van der Waals surface area contributed by atoms with Crippen molar-refractivity contribution >= 4 is 27.9 Å². The topological polar surface area (TPSA) is 81.1 Å². The minimum Gasteiger partial charge on any atom is -0.490 e. The highest BCUT2D eigenvalue weighted by atomic mass is 32.1. The predicted molar refractivity (Wildman–Crippen MR) is 124 cm³/mol. The van der Waals surface area contributed by atoms with E-state index in [1.54, 1.807) is 17.9 Å². The maximum Gasteiger partial charge on any atom is 0.168 e. The minimum absolute atomic E-state index is 0.0288. The molecule has 0 radical (unpaired) electrons. The van der Waals surface area contributed by atoms with Crippen LogP contribution in [-0.2, 0) is 6.42 Å². The fourth-order valence-electron chi connectivity index (χ4n) is 3.86. The summed E-state index contributed by atoms with van der Waals surface area (Å²) in [6, 6.07) is 11.4. The number of aromatic nitrogens is 4. The number of likely N-dealkylation sites (tertiary alicyclic amines) is 1. The Labute approximate surface area is 190 Å². The van der Waals surface area contributed by atoms with E-state index in [0.717, 1.165) is 58.8 Å². The Balaban J connectivity index is 1.26. The van der Waals surface area contributed by atoms with Crippen LogP contribution in [-0.4, -0.2) is 57.1 Å². The highest BCUT2D eigenvalue weighted by Gasteiger charge is 2.18. The van der Waals surface area contributed by atoms with E-state index in [1.165, 1.54) is 11.3 Å². The normalized spacial score (nSPS) is 15.2. The molecule has 162 valence electrons. The van der Waals surface area contributed by atoms with Crippen LogP contribution in [0.1, 0.15) is 28.9 Å². The number of carbonyl (C=O) groups is 1. The van der Waals surface area contributed by atoms with E-state index in [1.807, 2.05) is 36.4 Å². The molecule has 1 aliphatic heterocycles. The van der Waals surface area contributed by atoms with Crippen LogP contribution >= 0.6 is 11.3 Å². The largest absolute Gasteiger partial charge is 0.490 e. The second-order valence-corrected chi connectivity index (χ2v) is 8.91. The molecule has 3 aromatic heterocycles. The van der Waals surface area contributed by atoms with E-state index in [9.17, 15) is 4.79 Å². The highest BCUT2D eigenvalue weighted by molar-refractivity contribution is 7.12. The van der Waals surface area contributed by atoms with Crippen molar-refractivity contribution in [3.05, 3.63) is 65.6 Å². The summed E-state index contributed by atoms with van der Waals surface area (Å²) in [6.45, 7) is 2.11. The van der Waals surface area contributed by atoms with Crippen LogP contribution in [0.5, 0.6) is 5.75 Å². The molecule has 0 bridgehead atoms. The molecular formula is C24H23N5O2S. The van der Waals surface area contributed by atoms with Gasteiger partial charge in [-0.15, -0.1) is 10.2 Å². The molecule has 0 spiro atoms. The Hall–Kier alpha value is -3.23. The third kappa shape index (κ3) is 4.66. The van der Waals surface area contributed by atoms with Gasteiger partial charge in [0.05, 0.1) is 6.42 Å². The van der Waals surface area contributed by atoms with Crippen molar-refractivity contribution in [2.75, 3.05) is 20.1 Å². The van der Waals surface area contributed by atoms with Crippen LogP contribution < -0.4 is 4.74 Å². The second-order valence-electron chi connectivity index (χ2n) is 8.08. The Morgan fingerprint density at radius 2 is 1.88 bits per heavy atom. The zero-order valence-corrected chi connectivity index (χ0v) is 18.6. The fraction of sp³-hybridized carbons (Fsp3) is 0.292. The van der Waals surface area contributed by atoms with E-state index in [2.05, 4.69) is 32.1 Å². The summed E-state index contributed by atoms with van der Waals surface area (Å²) in [4.78, 5) is 24.0. The SMILES string of the molecule is CN1CCC(Oc2ccc(C(=O)Cc3cc4cc(-c5nncs5)ncc4cn3)cc2)CC1. The molecule has 5 rings (SSSR count). The van der Waals surface area contributed by atoms with Gasteiger partial charge in [-0.25, -0.2) is 0 Å². The van der Waals surface area contributed by atoms with E-state index >= 15 is 0 Å². The molecule has 4 heterocycles. The smallest absolute Gasteiger partial charge is 0.168 e. The van der Waals surface area contributed by atoms with Crippen molar-refractivity contribution < 1.29 is 9.53 Å². The van der Waals surface area contributed by atoms with Gasteiger partial charge in [-0.2, -0.15) is 0 Å². The van der Waals surface area contributed by atoms with Crippen LogP contribution in [0.15, 0.2) is 54.3 Å². The van der Waals surface area contributed by atoms with E-state index in [-0.39, 0.29) is 18.3 Å². The van der Waals surface area contributed by atoms with Gasteiger partial charge in [0.25, 0.3) is 0 Å². The van der Waals surface area contributed by atoms with Gasteiger partial charge in [-0.1, -0.05) is 11.3 Å². The van der Waals surface area contributed by atoms with Crippen LogP contribution in [0.3, 0.4) is 0 Å². The first-order chi connectivity index (χ1) is 15.6. The van der Waals surface area contributed by atoms with Gasteiger partial charge in [0, 0.05) is 42.1 Å². The molecule has 1 fully saturated rings. The van der Waals surface area contributed by atoms with Gasteiger partial charge in [-0.3, -0.25) is 14.8 Å². The van der Waals surface area contributed by atoms with Gasteiger partial charge in [-0.05, 0) is 61.7 Å². The van der Waals surface area contributed by atoms with Gasteiger partial charge in [0.2, 0.25) is 0 Å². The predicted octanol–water partition coefficient (Wildman–Crippen LogP) is 4.05. The minimum atomic E-state index is 0.0288. The lowest BCUT2D eigenvalue weighted by Gasteiger charge is -2.29. The van der Waals surface area contributed by atoms with E-state index < -0.39 is 0 Å². The first kappa shape index (κ1) is 20.7. The summed E-state index contributed by atoms with van der Waals surface area (Å²) in [5, 5.41) is 10.6. The first-order valence-electron chi connectivity index (χ1n) is 10.6. The van der Waals surface area contributed by atoms with Crippen molar-refractivity contribution in [3.8, 4) is 16.5 Å². The number of rotatable bonds is 6. The molecule has 7 nitrogen and oxygen atoms in total. The number of benzene rings is 1. The number of ether oxygens (including phenoxy) is 1. The molecule has 4 aromatic rings.